The number of rotatable bonds is 7. The van der Waals surface area contributed by atoms with Gasteiger partial charge in [0.15, 0.2) is 0 Å². The number of carbonyl (C=O) groups excluding carboxylic acids is 1. The van der Waals surface area contributed by atoms with Crippen LogP contribution in [0.4, 0.5) is 5.69 Å². The molecule has 1 amide bonds. The van der Waals surface area contributed by atoms with E-state index in [1.54, 1.807) is 7.11 Å². The summed E-state index contributed by atoms with van der Waals surface area (Å²) < 4.78 is 6.24. The number of hydrogen-bond acceptors (Lipinski definition) is 5. The predicted octanol–water partition coefficient (Wildman–Crippen LogP) is 1.12. The standard InChI is InChI=1S/C16H17N3O5/c1-24-14-5-3-2-4-12(14)8-9-17-15(20)11-18-10-13(19(22)23)6-7-16(18)21/h2-7,10H,8-9,11H2,1H3,(H,17,20). The quantitative estimate of drug-likeness (QED) is 0.605. The first kappa shape index (κ1) is 17.2. The van der Waals surface area contributed by atoms with Crippen molar-refractivity contribution >= 4 is 11.6 Å². The van der Waals surface area contributed by atoms with E-state index < -0.39 is 16.4 Å². The summed E-state index contributed by atoms with van der Waals surface area (Å²) in [6.45, 7) is 0.0926. The van der Waals surface area contributed by atoms with E-state index in [0.29, 0.717) is 13.0 Å². The summed E-state index contributed by atoms with van der Waals surface area (Å²) in [7, 11) is 1.58. The molecule has 0 aliphatic carbocycles. The Hall–Kier alpha value is -3.16. The third-order valence-electron chi connectivity index (χ3n) is 3.40. The van der Waals surface area contributed by atoms with Gasteiger partial charge in [0.05, 0.1) is 18.2 Å². The van der Waals surface area contributed by atoms with Crippen LogP contribution in [0.5, 0.6) is 5.75 Å². The summed E-state index contributed by atoms with van der Waals surface area (Å²) in [5, 5.41) is 13.4. The van der Waals surface area contributed by atoms with Crippen LogP contribution in [0.2, 0.25) is 0 Å². The van der Waals surface area contributed by atoms with Gasteiger partial charge in [-0.05, 0) is 18.1 Å². The molecule has 0 spiro atoms. The zero-order chi connectivity index (χ0) is 17.5. The molecular weight excluding hydrogens is 314 g/mol. The Morgan fingerprint density at radius 2 is 2.04 bits per heavy atom. The maximum atomic E-state index is 11.9. The molecule has 2 rings (SSSR count). The Bertz CT molecular complexity index is 800. The van der Waals surface area contributed by atoms with Crippen LogP contribution in [-0.4, -0.2) is 29.1 Å². The summed E-state index contributed by atoms with van der Waals surface area (Å²) >= 11 is 0. The molecule has 0 aliphatic heterocycles. The number of aromatic nitrogens is 1. The number of pyridine rings is 1. The van der Waals surface area contributed by atoms with E-state index in [1.165, 1.54) is 0 Å². The van der Waals surface area contributed by atoms with Gasteiger partial charge in [-0.25, -0.2) is 0 Å². The average molecular weight is 331 g/mol. The minimum atomic E-state index is -0.616. The van der Waals surface area contributed by atoms with Crippen molar-refractivity contribution in [3.05, 3.63) is 68.6 Å². The number of methoxy groups -OCH3 is 1. The van der Waals surface area contributed by atoms with Crippen molar-refractivity contribution in [3.8, 4) is 5.75 Å². The van der Waals surface area contributed by atoms with Gasteiger partial charge in [-0.2, -0.15) is 0 Å². The molecule has 0 fully saturated rings. The molecular formula is C16H17N3O5. The van der Waals surface area contributed by atoms with Gasteiger partial charge >= 0.3 is 0 Å². The number of nitrogens with one attached hydrogen (secondary N) is 1. The van der Waals surface area contributed by atoms with Crippen LogP contribution >= 0.6 is 0 Å². The molecule has 1 aromatic carbocycles. The number of hydrogen-bond donors (Lipinski definition) is 1. The first-order chi connectivity index (χ1) is 11.5. The molecule has 126 valence electrons. The van der Waals surface area contributed by atoms with Gasteiger partial charge in [-0.3, -0.25) is 24.3 Å². The van der Waals surface area contributed by atoms with E-state index in [4.69, 9.17) is 4.74 Å². The van der Waals surface area contributed by atoms with Crippen molar-refractivity contribution < 1.29 is 14.5 Å². The number of carbonyl (C=O) groups is 1. The molecule has 0 atom stereocenters. The van der Waals surface area contributed by atoms with E-state index >= 15 is 0 Å². The molecule has 2 aromatic rings. The van der Waals surface area contributed by atoms with E-state index in [-0.39, 0.29) is 12.2 Å². The lowest BCUT2D eigenvalue weighted by molar-refractivity contribution is -0.385. The van der Waals surface area contributed by atoms with Crippen LogP contribution < -0.4 is 15.6 Å². The van der Waals surface area contributed by atoms with Crippen molar-refractivity contribution in [1.82, 2.24) is 9.88 Å². The molecule has 0 aliphatic rings. The molecule has 1 aromatic heterocycles. The molecule has 0 bridgehead atoms. The summed E-state index contributed by atoms with van der Waals surface area (Å²) in [5.41, 5.74) is 0.240. The number of nitro groups is 1. The smallest absolute Gasteiger partial charge is 0.285 e. The maximum Gasteiger partial charge on any atom is 0.285 e. The zero-order valence-electron chi connectivity index (χ0n) is 13.1. The number of amides is 1. The molecule has 24 heavy (non-hydrogen) atoms. The highest BCUT2D eigenvalue weighted by atomic mass is 16.6. The van der Waals surface area contributed by atoms with E-state index in [2.05, 4.69) is 5.32 Å². The number of benzene rings is 1. The number of ether oxygens (including phenoxy) is 1. The molecule has 0 unspecified atom stereocenters. The third-order valence-corrected chi connectivity index (χ3v) is 3.40. The highest BCUT2D eigenvalue weighted by Gasteiger charge is 2.10. The minimum absolute atomic E-state index is 0.239. The lowest BCUT2D eigenvalue weighted by Gasteiger charge is -2.09. The van der Waals surface area contributed by atoms with Gasteiger partial charge in [0.2, 0.25) is 5.91 Å². The Morgan fingerprint density at radius 1 is 1.29 bits per heavy atom. The topological polar surface area (TPSA) is 103 Å². The lowest BCUT2D eigenvalue weighted by Crippen LogP contribution is -2.33. The van der Waals surface area contributed by atoms with Crippen LogP contribution in [-0.2, 0) is 17.8 Å². The fourth-order valence-corrected chi connectivity index (χ4v) is 2.21. The van der Waals surface area contributed by atoms with Crippen molar-refractivity contribution in [3.63, 3.8) is 0 Å². The summed E-state index contributed by atoms with van der Waals surface area (Å²) in [5.74, 6) is 0.342. The SMILES string of the molecule is COc1ccccc1CCNC(=O)Cn1cc([N+](=O)[O-])ccc1=O. The Morgan fingerprint density at radius 3 is 2.75 bits per heavy atom. The van der Waals surface area contributed by atoms with Gasteiger partial charge in [0.25, 0.3) is 11.2 Å². The minimum Gasteiger partial charge on any atom is -0.496 e. The predicted molar refractivity (Wildman–Crippen MR) is 87.1 cm³/mol. The Balaban J connectivity index is 1.93. The fraction of sp³-hybridized carbons (Fsp3) is 0.250. The van der Waals surface area contributed by atoms with Gasteiger partial charge in [-0.1, -0.05) is 18.2 Å². The Labute approximate surface area is 137 Å². The van der Waals surface area contributed by atoms with Gasteiger partial charge < -0.3 is 10.1 Å². The second-order valence-corrected chi connectivity index (χ2v) is 5.02. The summed E-state index contributed by atoms with van der Waals surface area (Å²) in [6.07, 6.45) is 1.63. The fourth-order valence-electron chi connectivity index (χ4n) is 2.21. The molecule has 1 heterocycles. The molecule has 1 N–H and O–H groups in total. The van der Waals surface area contributed by atoms with Crippen molar-refractivity contribution in [1.29, 1.82) is 0 Å². The lowest BCUT2D eigenvalue weighted by atomic mass is 10.1. The van der Waals surface area contributed by atoms with Crippen LogP contribution in [0.3, 0.4) is 0 Å². The molecule has 0 radical (unpaired) electrons. The third kappa shape index (κ3) is 4.42. The van der Waals surface area contributed by atoms with Crippen LogP contribution in [0.25, 0.3) is 0 Å². The van der Waals surface area contributed by atoms with Gasteiger partial charge in [-0.15, -0.1) is 0 Å². The summed E-state index contributed by atoms with van der Waals surface area (Å²) in [6, 6.07) is 9.65. The first-order valence-corrected chi connectivity index (χ1v) is 7.24. The highest BCUT2D eigenvalue weighted by Crippen LogP contribution is 2.17. The van der Waals surface area contributed by atoms with E-state index in [1.807, 2.05) is 24.3 Å². The van der Waals surface area contributed by atoms with E-state index in [9.17, 15) is 19.7 Å². The molecule has 8 nitrogen and oxygen atoms in total. The van der Waals surface area contributed by atoms with Gasteiger partial charge in [0, 0.05) is 18.7 Å². The van der Waals surface area contributed by atoms with Crippen molar-refractivity contribution in [2.45, 2.75) is 13.0 Å². The molecule has 0 saturated heterocycles. The number of nitrogens with zero attached hydrogens (tertiary/aromatic N) is 2. The van der Waals surface area contributed by atoms with Crippen LogP contribution in [0.1, 0.15) is 5.56 Å². The van der Waals surface area contributed by atoms with E-state index in [0.717, 1.165) is 34.2 Å². The maximum absolute atomic E-state index is 11.9. The second kappa shape index (κ2) is 7.91. The van der Waals surface area contributed by atoms with Gasteiger partial charge in [0.1, 0.15) is 12.3 Å². The summed E-state index contributed by atoms with van der Waals surface area (Å²) in [4.78, 5) is 33.7. The second-order valence-electron chi connectivity index (χ2n) is 5.02. The number of para-hydroxylation sites is 1. The average Bonchev–Trinajstić information content (AvgIpc) is 2.57. The van der Waals surface area contributed by atoms with Crippen molar-refractivity contribution in [2.24, 2.45) is 0 Å². The highest BCUT2D eigenvalue weighted by molar-refractivity contribution is 5.75. The zero-order valence-corrected chi connectivity index (χ0v) is 13.1. The van der Waals surface area contributed by atoms with Crippen LogP contribution in [0.15, 0.2) is 47.4 Å². The largest absolute Gasteiger partial charge is 0.496 e. The molecule has 8 heteroatoms. The first-order valence-electron chi connectivity index (χ1n) is 7.24. The van der Waals surface area contributed by atoms with Crippen molar-refractivity contribution in [2.75, 3.05) is 13.7 Å². The monoisotopic (exact) mass is 331 g/mol. The Kier molecular flexibility index (Phi) is 5.67. The molecule has 0 saturated carbocycles. The normalized spacial score (nSPS) is 10.2. The van der Waals surface area contributed by atoms with Crippen LogP contribution in [0, 0.1) is 10.1 Å².